The lowest BCUT2D eigenvalue weighted by atomic mass is 9.93. The number of piperazine rings is 1. The second kappa shape index (κ2) is 6.38. The van der Waals surface area contributed by atoms with Crippen LogP contribution in [0.25, 0.3) is 0 Å². The lowest BCUT2D eigenvalue weighted by Crippen LogP contribution is -2.61. The van der Waals surface area contributed by atoms with Crippen molar-refractivity contribution >= 4 is 0 Å². The van der Waals surface area contributed by atoms with Crippen molar-refractivity contribution in [3.63, 3.8) is 0 Å². The summed E-state index contributed by atoms with van der Waals surface area (Å²) in [6.45, 7) is 10.8. The van der Waals surface area contributed by atoms with E-state index in [2.05, 4.69) is 31.0 Å². The largest absolute Gasteiger partial charge is 0.309 e. The van der Waals surface area contributed by atoms with Crippen molar-refractivity contribution in [1.29, 1.82) is 0 Å². The molecular formula is C16H32N2. The molecule has 1 aliphatic carbocycles. The van der Waals surface area contributed by atoms with Crippen LogP contribution in [0.5, 0.6) is 0 Å². The van der Waals surface area contributed by atoms with Gasteiger partial charge in [-0.2, -0.15) is 0 Å². The average molecular weight is 252 g/mol. The molecule has 0 spiro atoms. The summed E-state index contributed by atoms with van der Waals surface area (Å²) in [7, 11) is 0. The molecule has 2 unspecified atom stereocenters. The summed E-state index contributed by atoms with van der Waals surface area (Å²) < 4.78 is 0. The summed E-state index contributed by atoms with van der Waals surface area (Å²) >= 11 is 0. The Morgan fingerprint density at radius 1 is 1.28 bits per heavy atom. The fraction of sp³-hybridized carbons (Fsp3) is 1.00. The third-order valence-corrected chi connectivity index (χ3v) is 5.31. The molecule has 2 atom stereocenters. The normalized spacial score (nSPS) is 35.2. The van der Waals surface area contributed by atoms with Gasteiger partial charge in [-0.1, -0.05) is 32.6 Å². The summed E-state index contributed by atoms with van der Waals surface area (Å²) in [4.78, 5) is 2.72. The Morgan fingerprint density at radius 2 is 2.00 bits per heavy atom. The molecule has 1 heterocycles. The number of nitrogens with zero attached hydrogens (tertiary/aromatic N) is 1. The summed E-state index contributed by atoms with van der Waals surface area (Å²) in [5, 5.41) is 3.71. The van der Waals surface area contributed by atoms with Gasteiger partial charge in [0.05, 0.1) is 0 Å². The molecule has 0 aromatic rings. The minimum Gasteiger partial charge on any atom is -0.309 e. The van der Waals surface area contributed by atoms with Gasteiger partial charge in [-0.25, -0.2) is 0 Å². The van der Waals surface area contributed by atoms with E-state index in [9.17, 15) is 0 Å². The van der Waals surface area contributed by atoms with E-state index in [1.54, 1.807) is 0 Å². The average Bonchev–Trinajstić information content (AvgIpc) is 2.87. The number of rotatable bonds is 5. The van der Waals surface area contributed by atoms with E-state index < -0.39 is 0 Å². The van der Waals surface area contributed by atoms with Crippen LogP contribution < -0.4 is 5.32 Å². The molecule has 106 valence electrons. The molecule has 0 aromatic heterocycles. The molecule has 1 N–H and O–H groups in total. The Bertz CT molecular complexity index is 247. The zero-order valence-electron chi connectivity index (χ0n) is 12.7. The van der Waals surface area contributed by atoms with Gasteiger partial charge >= 0.3 is 0 Å². The van der Waals surface area contributed by atoms with Gasteiger partial charge in [0.25, 0.3) is 0 Å². The van der Waals surface area contributed by atoms with Gasteiger partial charge in [-0.15, -0.1) is 0 Å². The summed E-state index contributed by atoms with van der Waals surface area (Å²) in [6.07, 6.45) is 10.1. The predicted octanol–water partition coefficient (Wildman–Crippen LogP) is 3.42. The topological polar surface area (TPSA) is 15.3 Å². The molecule has 2 rings (SSSR count). The quantitative estimate of drug-likeness (QED) is 0.806. The van der Waals surface area contributed by atoms with Crippen LogP contribution in [0.3, 0.4) is 0 Å². The molecule has 0 aromatic carbocycles. The Kier molecular flexibility index (Phi) is 5.08. The van der Waals surface area contributed by atoms with E-state index in [0.717, 1.165) is 12.5 Å². The van der Waals surface area contributed by atoms with Gasteiger partial charge in [0, 0.05) is 24.7 Å². The van der Waals surface area contributed by atoms with Crippen molar-refractivity contribution < 1.29 is 0 Å². The van der Waals surface area contributed by atoms with E-state index in [-0.39, 0.29) is 0 Å². The summed E-state index contributed by atoms with van der Waals surface area (Å²) in [6, 6.07) is 0.716. The maximum absolute atomic E-state index is 3.71. The van der Waals surface area contributed by atoms with Gasteiger partial charge in [0.2, 0.25) is 0 Å². The predicted molar refractivity (Wildman–Crippen MR) is 78.9 cm³/mol. The second-order valence-electron chi connectivity index (χ2n) is 6.91. The van der Waals surface area contributed by atoms with Crippen LogP contribution in [0.1, 0.15) is 65.7 Å². The van der Waals surface area contributed by atoms with Crippen LogP contribution in [0.4, 0.5) is 0 Å². The first-order chi connectivity index (χ1) is 8.63. The Labute approximate surface area is 114 Å². The first kappa shape index (κ1) is 14.3. The molecule has 2 aliphatic rings. The Hall–Kier alpha value is -0.0800. The Balaban J connectivity index is 1.72. The van der Waals surface area contributed by atoms with Crippen molar-refractivity contribution in [3.8, 4) is 0 Å². The van der Waals surface area contributed by atoms with Gasteiger partial charge in [0.1, 0.15) is 0 Å². The van der Waals surface area contributed by atoms with Gasteiger partial charge < -0.3 is 5.32 Å². The lowest BCUT2D eigenvalue weighted by Gasteiger charge is -2.45. The number of hydrogen-bond donors (Lipinski definition) is 1. The molecule has 2 nitrogen and oxygen atoms in total. The van der Waals surface area contributed by atoms with Crippen LogP contribution in [0.15, 0.2) is 0 Å². The van der Waals surface area contributed by atoms with E-state index in [1.165, 1.54) is 58.0 Å². The highest BCUT2D eigenvalue weighted by atomic mass is 15.2. The van der Waals surface area contributed by atoms with Crippen molar-refractivity contribution in [2.75, 3.05) is 19.6 Å². The van der Waals surface area contributed by atoms with Crippen LogP contribution in [0.2, 0.25) is 0 Å². The lowest BCUT2D eigenvalue weighted by molar-refractivity contribution is 0.0903. The molecule has 0 radical (unpaired) electrons. The van der Waals surface area contributed by atoms with Gasteiger partial charge in [-0.3, -0.25) is 4.90 Å². The highest BCUT2D eigenvalue weighted by Crippen LogP contribution is 2.29. The highest BCUT2D eigenvalue weighted by Gasteiger charge is 2.32. The molecular weight excluding hydrogens is 220 g/mol. The maximum atomic E-state index is 3.71. The van der Waals surface area contributed by atoms with Crippen LogP contribution in [-0.2, 0) is 0 Å². The van der Waals surface area contributed by atoms with E-state index in [0.29, 0.717) is 11.6 Å². The smallest absolute Gasteiger partial charge is 0.0278 e. The molecule has 0 bridgehead atoms. The summed E-state index contributed by atoms with van der Waals surface area (Å²) in [5.41, 5.74) is 0.347. The minimum absolute atomic E-state index is 0.347. The molecule has 18 heavy (non-hydrogen) atoms. The monoisotopic (exact) mass is 252 g/mol. The SMILES string of the molecule is CCC1(C)CN(CCCC2CCCC2)C(C)CN1. The van der Waals surface area contributed by atoms with Crippen LogP contribution >= 0.6 is 0 Å². The van der Waals surface area contributed by atoms with Crippen molar-refractivity contribution in [3.05, 3.63) is 0 Å². The highest BCUT2D eigenvalue weighted by molar-refractivity contribution is 4.92. The first-order valence-corrected chi connectivity index (χ1v) is 8.12. The Morgan fingerprint density at radius 3 is 2.67 bits per heavy atom. The van der Waals surface area contributed by atoms with Gasteiger partial charge in [-0.05, 0) is 45.6 Å². The molecule has 2 heteroatoms. The second-order valence-corrected chi connectivity index (χ2v) is 6.91. The molecule has 0 amide bonds. The summed E-state index contributed by atoms with van der Waals surface area (Å²) in [5.74, 6) is 1.06. The van der Waals surface area contributed by atoms with Gasteiger partial charge in [0.15, 0.2) is 0 Å². The van der Waals surface area contributed by atoms with E-state index in [1.807, 2.05) is 0 Å². The standard InChI is InChI=1S/C16H32N2/c1-4-16(3)13-18(14(2)12-17-16)11-7-10-15-8-5-6-9-15/h14-15,17H,4-13H2,1-3H3. The molecule has 1 aliphatic heterocycles. The zero-order chi connectivity index (χ0) is 13.0. The van der Waals surface area contributed by atoms with Crippen molar-refractivity contribution in [2.45, 2.75) is 77.3 Å². The number of hydrogen-bond acceptors (Lipinski definition) is 2. The van der Waals surface area contributed by atoms with E-state index >= 15 is 0 Å². The molecule has 2 fully saturated rings. The third kappa shape index (κ3) is 3.71. The first-order valence-electron chi connectivity index (χ1n) is 8.12. The van der Waals surface area contributed by atoms with Crippen LogP contribution in [0, 0.1) is 5.92 Å². The molecule has 1 saturated carbocycles. The maximum Gasteiger partial charge on any atom is 0.0278 e. The number of nitrogens with one attached hydrogen (secondary N) is 1. The van der Waals surface area contributed by atoms with E-state index in [4.69, 9.17) is 0 Å². The minimum atomic E-state index is 0.347. The zero-order valence-corrected chi connectivity index (χ0v) is 12.7. The van der Waals surface area contributed by atoms with Crippen molar-refractivity contribution in [2.24, 2.45) is 5.92 Å². The molecule has 1 saturated heterocycles. The van der Waals surface area contributed by atoms with Crippen LogP contribution in [-0.4, -0.2) is 36.1 Å². The third-order valence-electron chi connectivity index (χ3n) is 5.31. The fourth-order valence-corrected chi connectivity index (χ4v) is 3.60. The van der Waals surface area contributed by atoms with Crippen molar-refractivity contribution in [1.82, 2.24) is 10.2 Å². The fourth-order valence-electron chi connectivity index (χ4n) is 3.60.